The molecule has 0 aromatic heterocycles. The van der Waals surface area contributed by atoms with Crippen LogP contribution in [0.4, 0.5) is 0 Å². The van der Waals surface area contributed by atoms with Crippen molar-refractivity contribution in [1.82, 2.24) is 0 Å². The minimum absolute atomic E-state index is 0.430. The topological polar surface area (TPSA) is 9.23 Å². The largest absolute Gasteiger partial charge is 0.496 e. The van der Waals surface area contributed by atoms with Gasteiger partial charge < -0.3 is 4.74 Å². The first-order chi connectivity index (χ1) is 8.63. The highest BCUT2D eigenvalue weighted by Crippen LogP contribution is 2.39. The summed E-state index contributed by atoms with van der Waals surface area (Å²) in [5.41, 5.74) is 1.33. The lowest BCUT2D eigenvalue weighted by atomic mass is 9.91. The number of benzene rings is 1. The minimum atomic E-state index is 0.430. The molecule has 0 heterocycles. The lowest BCUT2D eigenvalue weighted by molar-refractivity contribution is 0.410. The van der Waals surface area contributed by atoms with Gasteiger partial charge in [-0.3, -0.25) is 0 Å². The van der Waals surface area contributed by atoms with Gasteiger partial charge >= 0.3 is 0 Å². The quantitative estimate of drug-likeness (QED) is 0.520. The van der Waals surface area contributed by atoms with Crippen LogP contribution in [-0.2, 0) is 0 Å². The van der Waals surface area contributed by atoms with Crippen molar-refractivity contribution in [3.8, 4) is 5.75 Å². The molecule has 18 heavy (non-hydrogen) atoms. The number of halogens is 2. The molecule has 0 amide bonds. The first kappa shape index (κ1) is 16.0. The van der Waals surface area contributed by atoms with E-state index in [1.807, 2.05) is 6.07 Å². The van der Waals surface area contributed by atoms with Crippen LogP contribution in [0, 0.1) is 5.92 Å². The van der Waals surface area contributed by atoms with Crippen molar-refractivity contribution in [2.45, 2.75) is 44.4 Å². The van der Waals surface area contributed by atoms with Gasteiger partial charge in [-0.1, -0.05) is 48.7 Å². The van der Waals surface area contributed by atoms with Crippen LogP contribution in [0.1, 0.15) is 49.9 Å². The van der Waals surface area contributed by atoms with Gasteiger partial charge in [-0.2, -0.15) is 0 Å². The third kappa shape index (κ3) is 4.27. The lowest BCUT2D eigenvalue weighted by Crippen LogP contribution is -2.07. The standard InChI is InChI=1S/C15H22Br2O/c1-4-6-11(7-5-2)15(17)12-8-9-14(18-3)13(16)10-12/h8-11,15H,4-7H2,1-3H3. The Morgan fingerprint density at radius 1 is 1.17 bits per heavy atom. The third-order valence-electron chi connectivity index (χ3n) is 3.23. The van der Waals surface area contributed by atoms with Crippen molar-refractivity contribution in [2.75, 3.05) is 7.11 Å². The second-order valence-corrected chi connectivity index (χ2v) is 6.47. The Hall–Kier alpha value is -0.0200. The zero-order valence-corrected chi connectivity index (χ0v) is 14.6. The van der Waals surface area contributed by atoms with E-state index in [-0.39, 0.29) is 0 Å². The molecule has 1 unspecified atom stereocenters. The zero-order chi connectivity index (χ0) is 13.5. The van der Waals surface area contributed by atoms with Crippen molar-refractivity contribution in [3.05, 3.63) is 28.2 Å². The highest BCUT2D eigenvalue weighted by Gasteiger charge is 2.19. The number of hydrogen-bond acceptors (Lipinski definition) is 1. The van der Waals surface area contributed by atoms with Crippen LogP contribution < -0.4 is 4.74 Å². The molecule has 0 radical (unpaired) electrons. The van der Waals surface area contributed by atoms with Crippen molar-refractivity contribution in [1.29, 1.82) is 0 Å². The SMILES string of the molecule is CCCC(CCC)C(Br)c1ccc(OC)c(Br)c1. The fourth-order valence-electron chi connectivity index (χ4n) is 2.30. The Morgan fingerprint density at radius 2 is 1.78 bits per heavy atom. The maximum absolute atomic E-state index is 5.27. The molecule has 0 fully saturated rings. The number of hydrogen-bond donors (Lipinski definition) is 0. The molecule has 1 aromatic carbocycles. The highest BCUT2D eigenvalue weighted by atomic mass is 79.9. The molecule has 0 saturated carbocycles. The van der Waals surface area contributed by atoms with Crippen LogP contribution in [0.2, 0.25) is 0 Å². The van der Waals surface area contributed by atoms with Crippen molar-refractivity contribution in [3.63, 3.8) is 0 Å². The van der Waals surface area contributed by atoms with Gasteiger partial charge in [0.2, 0.25) is 0 Å². The average molecular weight is 378 g/mol. The Morgan fingerprint density at radius 3 is 2.22 bits per heavy atom. The molecule has 1 atom stereocenters. The molecule has 1 nitrogen and oxygen atoms in total. The summed E-state index contributed by atoms with van der Waals surface area (Å²) in [5, 5.41) is 0. The first-order valence-corrected chi connectivity index (χ1v) is 8.32. The Kier molecular flexibility index (Phi) is 7.31. The zero-order valence-electron chi connectivity index (χ0n) is 11.4. The summed E-state index contributed by atoms with van der Waals surface area (Å²) in [5.74, 6) is 1.60. The van der Waals surface area contributed by atoms with Gasteiger partial charge in [0.1, 0.15) is 5.75 Å². The van der Waals surface area contributed by atoms with Gasteiger partial charge in [-0.15, -0.1) is 0 Å². The van der Waals surface area contributed by atoms with Crippen LogP contribution in [0.5, 0.6) is 5.75 Å². The van der Waals surface area contributed by atoms with E-state index in [2.05, 4.69) is 57.8 Å². The summed E-state index contributed by atoms with van der Waals surface area (Å²) in [4.78, 5) is 0.430. The maximum Gasteiger partial charge on any atom is 0.133 e. The summed E-state index contributed by atoms with van der Waals surface area (Å²) >= 11 is 7.43. The molecule has 0 aliphatic heterocycles. The molecular weight excluding hydrogens is 356 g/mol. The second kappa shape index (κ2) is 8.21. The molecule has 3 heteroatoms. The van der Waals surface area contributed by atoms with E-state index < -0.39 is 0 Å². The molecular formula is C15H22Br2O. The first-order valence-electron chi connectivity index (χ1n) is 6.61. The fourth-order valence-corrected chi connectivity index (χ4v) is 3.68. The predicted octanol–water partition coefficient (Wildman–Crippen LogP) is 6.11. The summed E-state index contributed by atoms with van der Waals surface area (Å²) in [7, 11) is 1.70. The molecule has 1 aromatic rings. The molecule has 0 aliphatic rings. The molecule has 0 N–H and O–H groups in total. The number of rotatable bonds is 7. The van der Waals surface area contributed by atoms with Gasteiger partial charge in [-0.25, -0.2) is 0 Å². The lowest BCUT2D eigenvalue weighted by Gasteiger charge is -2.22. The number of methoxy groups -OCH3 is 1. The maximum atomic E-state index is 5.27. The van der Waals surface area contributed by atoms with Crippen LogP contribution >= 0.6 is 31.9 Å². The monoisotopic (exact) mass is 376 g/mol. The fraction of sp³-hybridized carbons (Fsp3) is 0.600. The van der Waals surface area contributed by atoms with E-state index in [4.69, 9.17) is 4.74 Å². The van der Waals surface area contributed by atoms with Crippen LogP contribution in [0.25, 0.3) is 0 Å². The van der Waals surface area contributed by atoms with Gasteiger partial charge in [0.25, 0.3) is 0 Å². The second-order valence-electron chi connectivity index (χ2n) is 4.63. The minimum Gasteiger partial charge on any atom is -0.496 e. The highest BCUT2D eigenvalue weighted by molar-refractivity contribution is 9.10. The van der Waals surface area contributed by atoms with E-state index in [0.717, 1.165) is 10.2 Å². The van der Waals surface area contributed by atoms with Crippen molar-refractivity contribution >= 4 is 31.9 Å². The van der Waals surface area contributed by atoms with E-state index in [1.54, 1.807) is 7.11 Å². The number of ether oxygens (including phenoxy) is 1. The Balaban J connectivity index is 2.86. The normalized spacial score (nSPS) is 12.8. The molecule has 0 bridgehead atoms. The molecule has 102 valence electrons. The van der Waals surface area contributed by atoms with Gasteiger partial charge in [-0.05, 0) is 52.4 Å². The smallest absolute Gasteiger partial charge is 0.133 e. The number of alkyl halides is 1. The summed E-state index contributed by atoms with van der Waals surface area (Å²) < 4.78 is 6.30. The van der Waals surface area contributed by atoms with Crippen LogP contribution in [-0.4, -0.2) is 7.11 Å². The molecule has 0 saturated heterocycles. The Bertz CT molecular complexity index is 360. The van der Waals surface area contributed by atoms with E-state index in [0.29, 0.717) is 10.7 Å². The van der Waals surface area contributed by atoms with E-state index in [1.165, 1.54) is 31.2 Å². The van der Waals surface area contributed by atoms with Crippen LogP contribution in [0.3, 0.4) is 0 Å². The molecule has 0 aliphatic carbocycles. The van der Waals surface area contributed by atoms with E-state index >= 15 is 0 Å². The van der Waals surface area contributed by atoms with Gasteiger partial charge in [0, 0.05) is 4.83 Å². The van der Waals surface area contributed by atoms with E-state index in [9.17, 15) is 0 Å². The molecule has 1 rings (SSSR count). The summed E-state index contributed by atoms with van der Waals surface area (Å²) in [6.45, 7) is 4.51. The summed E-state index contributed by atoms with van der Waals surface area (Å²) in [6, 6.07) is 6.35. The molecule has 0 spiro atoms. The third-order valence-corrected chi connectivity index (χ3v) is 5.12. The van der Waals surface area contributed by atoms with Crippen molar-refractivity contribution in [2.24, 2.45) is 5.92 Å². The van der Waals surface area contributed by atoms with Crippen molar-refractivity contribution < 1.29 is 4.74 Å². The summed E-state index contributed by atoms with van der Waals surface area (Å²) in [6.07, 6.45) is 5.02. The van der Waals surface area contributed by atoms with Gasteiger partial charge in [0.05, 0.1) is 11.6 Å². The Labute approximate surface area is 128 Å². The van der Waals surface area contributed by atoms with Gasteiger partial charge in [0.15, 0.2) is 0 Å². The van der Waals surface area contributed by atoms with Crippen LogP contribution in [0.15, 0.2) is 22.7 Å². The predicted molar refractivity (Wildman–Crippen MR) is 85.7 cm³/mol. The average Bonchev–Trinajstić information content (AvgIpc) is 2.37.